The van der Waals surface area contributed by atoms with Gasteiger partial charge in [-0.25, -0.2) is 0 Å². The average Bonchev–Trinajstić information content (AvgIpc) is 2.15. The maximum absolute atomic E-state index is 4.41. The molecule has 0 N–H and O–H groups in total. The van der Waals surface area contributed by atoms with E-state index in [0.717, 1.165) is 4.60 Å². The number of hydrogen-bond donors (Lipinski definition) is 0. The van der Waals surface area contributed by atoms with Gasteiger partial charge in [-0.3, -0.25) is 4.68 Å². The predicted octanol–water partition coefficient (Wildman–Crippen LogP) is 3.31. The molecule has 1 aromatic rings. The minimum Gasteiger partial charge on any atom is -0.253 e. The Balaban J connectivity index is 3.28. The van der Waals surface area contributed by atoms with E-state index in [0.29, 0.717) is 0 Å². The Morgan fingerprint density at radius 2 is 1.92 bits per heavy atom. The highest BCUT2D eigenvalue weighted by molar-refractivity contribution is 14.1. The normalized spacial score (nSPS) is 12.2. The van der Waals surface area contributed by atoms with Gasteiger partial charge in [0.25, 0.3) is 0 Å². The van der Waals surface area contributed by atoms with Crippen LogP contribution in [0.25, 0.3) is 0 Å². The van der Waals surface area contributed by atoms with Crippen molar-refractivity contribution in [2.75, 3.05) is 0 Å². The van der Waals surface area contributed by atoms with Crippen LogP contribution in [0.4, 0.5) is 0 Å². The molecule has 1 aromatic heterocycles. The Morgan fingerprint density at radius 1 is 1.42 bits per heavy atom. The van der Waals surface area contributed by atoms with Crippen LogP contribution < -0.4 is 0 Å². The molecular weight excluding hydrogens is 331 g/mol. The molecule has 0 aliphatic heterocycles. The summed E-state index contributed by atoms with van der Waals surface area (Å²) < 4.78 is 4.18. The van der Waals surface area contributed by atoms with E-state index in [2.05, 4.69) is 71.3 Å². The lowest BCUT2D eigenvalue weighted by Crippen LogP contribution is -2.24. The minimum atomic E-state index is 0.0628. The van der Waals surface area contributed by atoms with Crippen molar-refractivity contribution in [2.45, 2.75) is 33.2 Å². The van der Waals surface area contributed by atoms with Crippen LogP contribution in [0.3, 0.4) is 0 Å². The highest BCUT2D eigenvalue weighted by atomic mass is 127. The van der Waals surface area contributed by atoms with Gasteiger partial charge in [-0.2, -0.15) is 5.10 Å². The van der Waals surface area contributed by atoms with Crippen LogP contribution in [0.1, 0.15) is 26.3 Å². The zero-order valence-corrected chi connectivity index (χ0v) is 11.4. The lowest BCUT2D eigenvalue weighted by molar-refractivity contribution is 0.346. The van der Waals surface area contributed by atoms with Crippen molar-refractivity contribution < 1.29 is 0 Å². The second kappa shape index (κ2) is 3.29. The predicted molar refractivity (Wildman–Crippen MR) is 62.4 cm³/mol. The van der Waals surface area contributed by atoms with Gasteiger partial charge >= 0.3 is 0 Å². The van der Waals surface area contributed by atoms with E-state index in [9.17, 15) is 0 Å². The van der Waals surface area contributed by atoms with Gasteiger partial charge in [-0.1, -0.05) is 0 Å². The standard InChI is InChI=1S/C8H12BrIN2/c1-5-6(9)11-12(7(5)10)8(2,3)4/h1-4H3. The van der Waals surface area contributed by atoms with Crippen LogP contribution in [0.2, 0.25) is 0 Å². The summed E-state index contributed by atoms with van der Waals surface area (Å²) in [6.07, 6.45) is 0. The van der Waals surface area contributed by atoms with Crippen LogP contribution in [-0.2, 0) is 5.54 Å². The molecule has 0 aromatic carbocycles. The first-order valence-electron chi connectivity index (χ1n) is 3.75. The summed E-state index contributed by atoms with van der Waals surface area (Å²) in [4.78, 5) is 0. The molecule has 0 amide bonds. The van der Waals surface area contributed by atoms with Gasteiger partial charge in [0.1, 0.15) is 8.30 Å². The van der Waals surface area contributed by atoms with E-state index in [-0.39, 0.29) is 5.54 Å². The molecular formula is C8H12BrIN2. The molecule has 0 unspecified atom stereocenters. The number of rotatable bonds is 0. The Kier molecular flexibility index (Phi) is 2.88. The maximum Gasteiger partial charge on any atom is 0.132 e. The largest absolute Gasteiger partial charge is 0.253 e. The third-order valence-corrected chi connectivity index (χ3v) is 3.65. The Labute approximate surface area is 95.0 Å². The van der Waals surface area contributed by atoms with Gasteiger partial charge in [0.2, 0.25) is 0 Å². The van der Waals surface area contributed by atoms with E-state index in [4.69, 9.17) is 0 Å². The van der Waals surface area contributed by atoms with E-state index < -0.39 is 0 Å². The Morgan fingerprint density at radius 3 is 2.08 bits per heavy atom. The van der Waals surface area contributed by atoms with Crippen LogP contribution in [0.5, 0.6) is 0 Å². The summed E-state index contributed by atoms with van der Waals surface area (Å²) in [5, 5.41) is 4.41. The third kappa shape index (κ3) is 1.84. The topological polar surface area (TPSA) is 17.8 Å². The van der Waals surface area contributed by atoms with E-state index in [1.54, 1.807) is 0 Å². The summed E-state index contributed by atoms with van der Waals surface area (Å²) in [6.45, 7) is 8.51. The highest BCUT2D eigenvalue weighted by Gasteiger charge is 2.20. The van der Waals surface area contributed by atoms with E-state index in [1.807, 2.05) is 4.68 Å². The summed E-state index contributed by atoms with van der Waals surface area (Å²) in [7, 11) is 0. The molecule has 4 heteroatoms. The fourth-order valence-corrected chi connectivity index (χ4v) is 2.70. The molecule has 68 valence electrons. The van der Waals surface area contributed by atoms with Crippen molar-refractivity contribution in [1.82, 2.24) is 9.78 Å². The smallest absolute Gasteiger partial charge is 0.132 e. The van der Waals surface area contributed by atoms with Gasteiger partial charge in [0, 0.05) is 5.56 Å². The fraction of sp³-hybridized carbons (Fsp3) is 0.625. The summed E-state index contributed by atoms with van der Waals surface area (Å²) >= 11 is 5.74. The number of hydrogen-bond acceptors (Lipinski definition) is 1. The molecule has 0 saturated carbocycles. The van der Waals surface area contributed by atoms with Gasteiger partial charge in [0.15, 0.2) is 0 Å². The van der Waals surface area contributed by atoms with Crippen molar-refractivity contribution in [2.24, 2.45) is 0 Å². The molecule has 0 radical (unpaired) electrons. The van der Waals surface area contributed by atoms with E-state index in [1.165, 1.54) is 9.26 Å². The van der Waals surface area contributed by atoms with Gasteiger partial charge in [-0.15, -0.1) is 0 Å². The van der Waals surface area contributed by atoms with E-state index >= 15 is 0 Å². The molecule has 0 spiro atoms. The zero-order valence-electron chi connectivity index (χ0n) is 7.65. The van der Waals surface area contributed by atoms with Crippen molar-refractivity contribution in [3.8, 4) is 0 Å². The van der Waals surface area contributed by atoms with Crippen molar-refractivity contribution >= 4 is 38.5 Å². The number of nitrogens with zero attached hydrogens (tertiary/aromatic N) is 2. The molecule has 0 aliphatic rings. The molecule has 1 rings (SSSR count). The molecule has 0 atom stereocenters. The monoisotopic (exact) mass is 342 g/mol. The average molecular weight is 343 g/mol. The maximum atomic E-state index is 4.41. The van der Waals surface area contributed by atoms with Gasteiger partial charge in [-0.05, 0) is 66.2 Å². The number of halogens is 2. The number of aromatic nitrogens is 2. The SMILES string of the molecule is Cc1c(Br)nn(C(C)(C)C)c1I. The first-order valence-corrected chi connectivity index (χ1v) is 5.62. The van der Waals surface area contributed by atoms with Gasteiger partial charge < -0.3 is 0 Å². The fourth-order valence-electron chi connectivity index (χ4n) is 0.895. The summed E-state index contributed by atoms with van der Waals surface area (Å²) in [6, 6.07) is 0. The van der Waals surface area contributed by atoms with Crippen LogP contribution in [-0.4, -0.2) is 9.78 Å². The van der Waals surface area contributed by atoms with Gasteiger partial charge in [0.05, 0.1) is 5.54 Å². The lowest BCUT2D eigenvalue weighted by Gasteiger charge is -2.20. The van der Waals surface area contributed by atoms with Crippen LogP contribution >= 0.6 is 38.5 Å². The Hall–Kier alpha value is 0.420. The Bertz CT molecular complexity index is 299. The lowest BCUT2D eigenvalue weighted by atomic mass is 10.1. The molecule has 0 bridgehead atoms. The zero-order chi connectivity index (χ0) is 9.52. The minimum absolute atomic E-state index is 0.0628. The molecule has 1 heterocycles. The van der Waals surface area contributed by atoms with Crippen molar-refractivity contribution in [3.63, 3.8) is 0 Å². The quantitative estimate of drug-likeness (QED) is 0.661. The first kappa shape index (κ1) is 10.5. The van der Waals surface area contributed by atoms with Crippen LogP contribution in [0.15, 0.2) is 4.60 Å². The molecule has 2 nitrogen and oxygen atoms in total. The second-order valence-corrected chi connectivity index (χ2v) is 5.56. The molecule has 12 heavy (non-hydrogen) atoms. The highest BCUT2D eigenvalue weighted by Crippen LogP contribution is 2.25. The molecule has 0 saturated heterocycles. The second-order valence-electron chi connectivity index (χ2n) is 3.79. The molecule has 0 fully saturated rings. The first-order chi connectivity index (χ1) is 5.34. The van der Waals surface area contributed by atoms with Crippen LogP contribution in [0, 0.1) is 10.6 Å². The van der Waals surface area contributed by atoms with Crippen molar-refractivity contribution in [3.05, 3.63) is 13.9 Å². The molecule has 0 aliphatic carbocycles. The van der Waals surface area contributed by atoms with Crippen molar-refractivity contribution in [1.29, 1.82) is 0 Å². The third-order valence-electron chi connectivity index (χ3n) is 1.63. The summed E-state index contributed by atoms with van der Waals surface area (Å²) in [5.41, 5.74) is 1.28. The summed E-state index contributed by atoms with van der Waals surface area (Å²) in [5.74, 6) is 0.